The second kappa shape index (κ2) is 4.41. The van der Waals surface area contributed by atoms with Crippen molar-refractivity contribution in [3.8, 4) is 0 Å². The van der Waals surface area contributed by atoms with Crippen LogP contribution in [0.4, 0.5) is 10.8 Å². The zero-order valence-electron chi connectivity index (χ0n) is 7.73. The van der Waals surface area contributed by atoms with E-state index in [1.165, 1.54) is 18.3 Å². The number of rotatable bonds is 3. The molecule has 0 aromatic carbocycles. The van der Waals surface area contributed by atoms with E-state index in [1.807, 2.05) is 0 Å². The lowest BCUT2D eigenvalue weighted by atomic mass is 10.4. The van der Waals surface area contributed by atoms with E-state index in [4.69, 9.17) is 5.73 Å². The summed E-state index contributed by atoms with van der Waals surface area (Å²) in [7, 11) is 0. The molecule has 2 aromatic rings. The summed E-state index contributed by atoms with van der Waals surface area (Å²) in [5, 5.41) is 18.7. The van der Waals surface area contributed by atoms with Gasteiger partial charge < -0.3 is 5.73 Å². The van der Waals surface area contributed by atoms with Crippen LogP contribution in [0.15, 0.2) is 27.7 Å². The smallest absolute Gasteiger partial charge is 0.301 e. The maximum atomic E-state index is 10.7. The molecule has 0 aliphatic heterocycles. The van der Waals surface area contributed by atoms with Gasteiger partial charge in [0.2, 0.25) is 5.13 Å². The summed E-state index contributed by atoms with van der Waals surface area (Å²) in [5.41, 5.74) is 5.35. The summed E-state index contributed by atoms with van der Waals surface area (Å²) >= 11 is 2.23. The number of hydrogen-bond acceptors (Lipinski definition) is 8. The van der Waals surface area contributed by atoms with Gasteiger partial charge in [-0.3, -0.25) is 10.1 Å². The van der Waals surface area contributed by atoms with Gasteiger partial charge >= 0.3 is 5.69 Å². The predicted octanol–water partition coefficient (Wildman–Crippen LogP) is 1.57. The first-order valence-electron chi connectivity index (χ1n) is 4.03. The van der Waals surface area contributed by atoms with Gasteiger partial charge in [0.25, 0.3) is 0 Å². The molecule has 2 heterocycles. The summed E-state index contributed by atoms with van der Waals surface area (Å²) in [6.45, 7) is 0. The van der Waals surface area contributed by atoms with Crippen LogP contribution in [0.2, 0.25) is 0 Å². The summed E-state index contributed by atoms with van der Waals surface area (Å²) < 4.78 is 0.527. The van der Waals surface area contributed by atoms with Gasteiger partial charge in [-0.05, 0) is 17.8 Å². The minimum atomic E-state index is -0.486. The first kappa shape index (κ1) is 10.8. The first-order chi connectivity index (χ1) is 7.66. The highest BCUT2D eigenvalue weighted by molar-refractivity contribution is 8.01. The zero-order chi connectivity index (χ0) is 11.5. The van der Waals surface area contributed by atoms with Crippen LogP contribution in [0.5, 0.6) is 0 Å². The molecule has 0 saturated carbocycles. The average molecular weight is 255 g/mol. The molecule has 9 heteroatoms. The summed E-state index contributed by atoms with van der Waals surface area (Å²) in [6, 6.07) is 2.90. The molecule has 82 valence electrons. The van der Waals surface area contributed by atoms with E-state index in [2.05, 4.69) is 15.2 Å². The minimum Gasteiger partial charge on any atom is -0.374 e. The third-order valence-corrected chi connectivity index (χ3v) is 3.37. The number of nitrogens with zero attached hydrogens (tertiary/aromatic N) is 4. The second-order valence-corrected chi connectivity index (χ2v) is 4.84. The van der Waals surface area contributed by atoms with Crippen LogP contribution >= 0.6 is 23.1 Å². The van der Waals surface area contributed by atoms with Gasteiger partial charge in [0.15, 0.2) is 9.37 Å². The fraction of sp³-hybridized carbons (Fsp3) is 0. The Bertz CT molecular complexity index is 529. The Morgan fingerprint density at radius 1 is 1.50 bits per heavy atom. The van der Waals surface area contributed by atoms with E-state index < -0.39 is 4.92 Å². The third-order valence-electron chi connectivity index (χ3n) is 1.55. The van der Waals surface area contributed by atoms with Crippen molar-refractivity contribution in [1.29, 1.82) is 0 Å². The molecule has 0 bridgehead atoms. The van der Waals surface area contributed by atoms with Gasteiger partial charge in [-0.15, -0.1) is 10.2 Å². The monoisotopic (exact) mass is 255 g/mol. The first-order valence-corrected chi connectivity index (χ1v) is 5.66. The summed E-state index contributed by atoms with van der Waals surface area (Å²) in [5.74, 6) is 0. The SMILES string of the molecule is Nc1nnc(Sc2ncccc2[N+](=O)[O-])s1. The summed E-state index contributed by atoms with van der Waals surface area (Å²) in [4.78, 5) is 14.1. The van der Waals surface area contributed by atoms with Crippen LogP contribution < -0.4 is 5.73 Å². The lowest BCUT2D eigenvalue weighted by Gasteiger charge is -1.97. The van der Waals surface area contributed by atoms with Crippen LogP contribution in [0.25, 0.3) is 0 Å². The van der Waals surface area contributed by atoms with Crippen molar-refractivity contribution >= 4 is 33.9 Å². The number of aromatic nitrogens is 3. The highest BCUT2D eigenvalue weighted by atomic mass is 32.2. The number of pyridine rings is 1. The van der Waals surface area contributed by atoms with Crippen LogP contribution in [0, 0.1) is 10.1 Å². The molecule has 16 heavy (non-hydrogen) atoms. The van der Waals surface area contributed by atoms with E-state index in [1.54, 1.807) is 0 Å². The quantitative estimate of drug-likeness (QED) is 0.655. The molecule has 2 N–H and O–H groups in total. The van der Waals surface area contributed by atoms with Crippen LogP contribution in [0.3, 0.4) is 0 Å². The Balaban J connectivity index is 2.31. The van der Waals surface area contributed by atoms with Crippen LogP contribution in [-0.2, 0) is 0 Å². The number of anilines is 1. The van der Waals surface area contributed by atoms with E-state index >= 15 is 0 Å². The average Bonchev–Trinajstić information content (AvgIpc) is 2.64. The molecule has 0 unspecified atom stereocenters. The zero-order valence-corrected chi connectivity index (χ0v) is 9.36. The molecular weight excluding hydrogens is 250 g/mol. The van der Waals surface area contributed by atoms with Crippen molar-refractivity contribution in [3.63, 3.8) is 0 Å². The Morgan fingerprint density at radius 2 is 2.31 bits per heavy atom. The number of nitrogens with two attached hydrogens (primary N) is 1. The highest BCUT2D eigenvalue weighted by Crippen LogP contribution is 2.34. The maximum absolute atomic E-state index is 10.7. The maximum Gasteiger partial charge on any atom is 0.301 e. The van der Waals surface area contributed by atoms with Gasteiger partial charge in [0, 0.05) is 12.3 Å². The molecule has 0 spiro atoms. The van der Waals surface area contributed by atoms with Gasteiger partial charge in [0.1, 0.15) is 0 Å². The van der Waals surface area contributed by atoms with Gasteiger partial charge in [-0.2, -0.15) is 0 Å². The van der Waals surface area contributed by atoms with Crippen molar-refractivity contribution in [2.45, 2.75) is 9.37 Å². The van der Waals surface area contributed by atoms with Gasteiger partial charge in [-0.1, -0.05) is 11.3 Å². The third kappa shape index (κ3) is 2.25. The number of nitrogen functional groups attached to an aromatic ring is 1. The molecule has 0 radical (unpaired) electrons. The lowest BCUT2D eigenvalue weighted by Crippen LogP contribution is -1.92. The Morgan fingerprint density at radius 3 is 2.94 bits per heavy atom. The molecule has 0 fully saturated rings. The van der Waals surface area contributed by atoms with Crippen molar-refractivity contribution in [3.05, 3.63) is 28.4 Å². The molecule has 2 aromatic heterocycles. The van der Waals surface area contributed by atoms with Crippen molar-refractivity contribution in [2.24, 2.45) is 0 Å². The van der Waals surface area contributed by atoms with Gasteiger partial charge in [-0.25, -0.2) is 4.98 Å². The second-order valence-electron chi connectivity index (χ2n) is 2.59. The van der Waals surface area contributed by atoms with Crippen molar-refractivity contribution in [2.75, 3.05) is 5.73 Å². The Labute approximate surface area is 97.9 Å². The molecule has 2 rings (SSSR count). The van der Waals surface area contributed by atoms with Gasteiger partial charge in [0.05, 0.1) is 4.92 Å². The topological polar surface area (TPSA) is 108 Å². The predicted molar refractivity (Wildman–Crippen MR) is 59.3 cm³/mol. The number of nitro groups is 1. The molecular formula is C7H5N5O2S2. The fourth-order valence-electron chi connectivity index (χ4n) is 0.944. The molecule has 0 saturated heterocycles. The Hall–Kier alpha value is -1.74. The molecule has 0 aliphatic carbocycles. The van der Waals surface area contributed by atoms with E-state index in [0.29, 0.717) is 9.47 Å². The molecule has 0 atom stereocenters. The van der Waals surface area contributed by atoms with E-state index in [0.717, 1.165) is 23.1 Å². The number of hydrogen-bond donors (Lipinski definition) is 1. The highest BCUT2D eigenvalue weighted by Gasteiger charge is 2.17. The largest absolute Gasteiger partial charge is 0.374 e. The van der Waals surface area contributed by atoms with Crippen LogP contribution in [0.1, 0.15) is 0 Å². The van der Waals surface area contributed by atoms with Crippen molar-refractivity contribution < 1.29 is 4.92 Å². The van der Waals surface area contributed by atoms with E-state index in [-0.39, 0.29) is 10.7 Å². The molecule has 0 aliphatic rings. The minimum absolute atomic E-state index is 0.0544. The molecule has 7 nitrogen and oxygen atoms in total. The van der Waals surface area contributed by atoms with E-state index in [9.17, 15) is 10.1 Å². The summed E-state index contributed by atoms with van der Waals surface area (Å²) in [6.07, 6.45) is 1.49. The lowest BCUT2D eigenvalue weighted by molar-refractivity contribution is -0.388. The van der Waals surface area contributed by atoms with Crippen molar-refractivity contribution in [1.82, 2.24) is 15.2 Å². The standard InChI is InChI=1S/C7H5N5O2S2/c8-6-10-11-7(16-6)15-5-4(12(13)14)2-1-3-9-5/h1-3H,(H2,8,10). The van der Waals surface area contributed by atoms with Crippen LogP contribution in [-0.4, -0.2) is 20.1 Å². The molecule has 0 amide bonds. The fourth-order valence-corrected chi connectivity index (χ4v) is 2.55. The Kier molecular flexibility index (Phi) is 2.97. The normalized spacial score (nSPS) is 10.2.